The molecule has 2 aliphatic rings. The second-order valence-corrected chi connectivity index (χ2v) is 8.68. The Balaban J connectivity index is 1.33. The van der Waals surface area contributed by atoms with Gasteiger partial charge in [0.25, 0.3) is 0 Å². The van der Waals surface area contributed by atoms with E-state index in [-0.39, 0.29) is 23.5 Å². The third-order valence-corrected chi connectivity index (χ3v) is 6.37. The summed E-state index contributed by atoms with van der Waals surface area (Å²) in [5.41, 5.74) is 1.95. The molecule has 0 spiro atoms. The maximum absolute atomic E-state index is 12.9. The van der Waals surface area contributed by atoms with Crippen molar-refractivity contribution in [2.45, 2.75) is 50.2 Å². The molecule has 0 bridgehead atoms. The third-order valence-electron chi connectivity index (χ3n) is 6.37. The quantitative estimate of drug-likeness (QED) is 0.710. The average Bonchev–Trinajstić information content (AvgIpc) is 3.35. The largest absolute Gasteiger partial charge is 0.497 e. The van der Waals surface area contributed by atoms with Gasteiger partial charge in [-0.05, 0) is 48.6 Å². The highest BCUT2D eigenvalue weighted by Gasteiger charge is 2.38. The van der Waals surface area contributed by atoms with Crippen LogP contribution in [-0.2, 0) is 22.4 Å². The van der Waals surface area contributed by atoms with Gasteiger partial charge in [-0.1, -0.05) is 30.3 Å². The monoisotopic (exact) mass is 422 g/mol. The molecule has 2 unspecified atom stereocenters. The Kier molecular flexibility index (Phi) is 6.16. The van der Waals surface area contributed by atoms with Crippen LogP contribution in [0.3, 0.4) is 0 Å². The SMILES string of the molecule is COc1ccc(CC2(CCC(=O)N(C)CC3Cc4ccccc4O3)CCC(=O)N2)cc1. The highest BCUT2D eigenvalue weighted by molar-refractivity contribution is 5.80. The summed E-state index contributed by atoms with van der Waals surface area (Å²) in [7, 11) is 3.48. The number of nitrogens with one attached hydrogen (secondary N) is 1. The van der Waals surface area contributed by atoms with Crippen molar-refractivity contribution in [2.75, 3.05) is 20.7 Å². The Hall–Kier alpha value is -3.02. The smallest absolute Gasteiger partial charge is 0.222 e. The van der Waals surface area contributed by atoms with Gasteiger partial charge in [-0.15, -0.1) is 0 Å². The van der Waals surface area contributed by atoms with E-state index in [1.807, 2.05) is 49.5 Å². The Morgan fingerprint density at radius 2 is 2.00 bits per heavy atom. The fourth-order valence-corrected chi connectivity index (χ4v) is 4.62. The number of likely N-dealkylation sites (N-methyl/N-ethyl adjacent to an activating group) is 1. The molecule has 1 fully saturated rings. The Bertz CT molecular complexity index is 918. The van der Waals surface area contributed by atoms with Crippen LogP contribution in [0, 0.1) is 0 Å². The molecule has 31 heavy (non-hydrogen) atoms. The van der Waals surface area contributed by atoms with Crippen LogP contribution in [0.5, 0.6) is 11.5 Å². The molecule has 0 aliphatic carbocycles. The van der Waals surface area contributed by atoms with Gasteiger partial charge in [0.15, 0.2) is 0 Å². The van der Waals surface area contributed by atoms with Crippen molar-refractivity contribution in [1.29, 1.82) is 0 Å². The first-order valence-electron chi connectivity index (χ1n) is 10.9. The Morgan fingerprint density at radius 1 is 1.23 bits per heavy atom. The molecule has 2 atom stereocenters. The van der Waals surface area contributed by atoms with Crippen LogP contribution >= 0.6 is 0 Å². The van der Waals surface area contributed by atoms with E-state index in [1.165, 1.54) is 5.56 Å². The molecule has 1 N–H and O–H groups in total. The Labute approximate surface area is 183 Å². The summed E-state index contributed by atoms with van der Waals surface area (Å²) in [6, 6.07) is 15.9. The van der Waals surface area contributed by atoms with Gasteiger partial charge in [-0.2, -0.15) is 0 Å². The van der Waals surface area contributed by atoms with Crippen molar-refractivity contribution >= 4 is 11.8 Å². The molecule has 0 aromatic heterocycles. The average molecular weight is 423 g/mol. The number of para-hydroxylation sites is 1. The second kappa shape index (κ2) is 9.00. The van der Waals surface area contributed by atoms with Crippen LogP contribution in [-0.4, -0.2) is 49.1 Å². The number of amides is 2. The lowest BCUT2D eigenvalue weighted by Crippen LogP contribution is -2.45. The van der Waals surface area contributed by atoms with E-state index in [0.29, 0.717) is 32.2 Å². The molecule has 2 heterocycles. The predicted molar refractivity (Wildman–Crippen MR) is 118 cm³/mol. The van der Waals surface area contributed by atoms with Crippen LogP contribution in [0.15, 0.2) is 48.5 Å². The fourth-order valence-electron chi connectivity index (χ4n) is 4.62. The highest BCUT2D eigenvalue weighted by Crippen LogP contribution is 2.31. The zero-order chi connectivity index (χ0) is 21.8. The number of fused-ring (bicyclic) bond motifs is 1. The molecular weight excluding hydrogens is 392 g/mol. The van der Waals surface area contributed by atoms with E-state index >= 15 is 0 Å². The van der Waals surface area contributed by atoms with Crippen molar-refractivity contribution in [3.63, 3.8) is 0 Å². The molecule has 6 heteroatoms. The van der Waals surface area contributed by atoms with Crippen molar-refractivity contribution in [3.8, 4) is 11.5 Å². The molecule has 0 radical (unpaired) electrons. The first-order chi connectivity index (χ1) is 15.0. The predicted octanol–water partition coefficient (Wildman–Crippen LogP) is 3.13. The van der Waals surface area contributed by atoms with Crippen LogP contribution in [0.2, 0.25) is 0 Å². The standard InChI is InChI=1S/C25H30N2O4/c1-27(17-21-15-19-5-3-4-6-22(19)31-21)24(29)12-14-25(13-11-23(28)26-25)16-18-7-9-20(30-2)10-8-18/h3-10,21H,11-17H2,1-2H3,(H,26,28). The minimum Gasteiger partial charge on any atom is -0.497 e. The number of hydrogen-bond acceptors (Lipinski definition) is 4. The number of ether oxygens (including phenoxy) is 2. The molecule has 2 aromatic rings. The molecule has 164 valence electrons. The fraction of sp³-hybridized carbons (Fsp3) is 0.440. The number of rotatable bonds is 8. The van der Waals surface area contributed by atoms with E-state index in [1.54, 1.807) is 12.0 Å². The summed E-state index contributed by atoms with van der Waals surface area (Å²) in [5, 5.41) is 3.16. The summed E-state index contributed by atoms with van der Waals surface area (Å²) >= 11 is 0. The van der Waals surface area contributed by atoms with Crippen molar-refractivity contribution in [2.24, 2.45) is 0 Å². The van der Waals surface area contributed by atoms with E-state index < -0.39 is 0 Å². The van der Waals surface area contributed by atoms with Crippen LogP contribution in [0.25, 0.3) is 0 Å². The second-order valence-electron chi connectivity index (χ2n) is 8.68. The van der Waals surface area contributed by atoms with Crippen molar-refractivity contribution in [1.82, 2.24) is 10.2 Å². The van der Waals surface area contributed by atoms with Gasteiger partial charge >= 0.3 is 0 Å². The highest BCUT2D eigenvalue weighted by atomic mass is 16.5. The van der Waals surface area contributed by atoms with Gasteiger partial charge in [0.1, 0.15) is 17.6 Å². The summed E-state index contributed by atoms with van der Waals surface area (Å²) in [4.78, 5) is 26.6. The van der Waals surface area contributed by atoms with Crippen molar-refractivity contribution < 1.29 is 19.1 Å². The van der Waals surface area contributed by atoms with Gasteiger partial charge in [0.2, 0.25) is 11.8 Å². The van der Waals surface area contributed by atoms with Gasteiger partial charge in [-0.25, -0.2) is 0 Å². The number of benzene rings is 2. The van der Waals surface area contributed by atoms with Crippen LogP contribution in [0.4, 0.5) is 0 Å². The molecule has 2 aliphatic heterocycles. The van der Waals surface area contributed by atoms with Crippen molar-refractivity contribution in [3.05, 3.63) is 59.7 Å². The molecular formula is C25H30N2O4. The van der Waals surface area contributed by atoms with Crippen LogP contribution < -0.4 is 14.8 Å². The van der Waals surface area contributed by atoms with E-state index in [4.69, 9.17) is 9.47 Å². The maximum atomic E-state index is 12.9. The molecule has 4 rings (SSSR count). The lowest BCUT2D eigenvalue weighted by Gasteiger charge is -2.30. The summed E-state index contributed by atoms with van der Waals surface area (Å²) in [6.45, 7) is 0.561. The number of carbonyl (C=O) groups is 2. The van der Waals surface area contributed by atoms with Gasteiger partial charge < -0.3 is 19.7 Å². The zero-order valence-corrected chi connectivity index (χ0v) is 18.2. The summed E-state index contributed by atoms with van der Waals surface area (Å²) < 4.78 is 11.2. The molecule has 2 amide bonds. The molecule has 6 nitrogen and oxygen atoms in total. The maximum Gasteiger partial charge on any atom is 0.222 e. The minimum atomic E-state index is -0.373. The topological polar surface area (TPSA) is 67.9 Å². The number of nitrogens with zero attached hydrogens (tertiary/aromatic N) is 1. The van der Waals surface area contributed by atoms with Gasteiger partial charge in [0, 0.05) is 31.8 Å². The van der Waals surface area contributed by atoms with E-state index in [9.17, 15) is 9.59 Å². The van der Waals surface area contributed by atoms with E-state index in [2.05, 4.69) is 11.4 Å². The summed E-state index contributed by atoms with van der Waals surface area (Å²) in [5.74, 6) is 1.86. The molecule has 0 saturated carbocycles. The lowest BCUT2D eigenvalue weighted by molar-refractivity contribution is -0.131. The zero-order valence-electron chi connectivity index (χ0n) is 18.2. The number of methoxy groups -OCH3 is 1. The first-order valence-corrected chi connectivity index (χ1v) is 10.9. The minimum absolute atomic E-state index is 0.00853. The van der Waals surface area contributed by atoms with Gasteiger partial charge in [-0.3, -0.25) is 9.59 Å². The summed E-state index contributed by atoms with van der Waals surface area (Å²) in [6.07, 6.45) is 3.80. The first kappa shape index (κ1) is 21.2. The third kappa shape index (κ3) is 5.01. The van der Waals surface area contributed by atoms with E-state index in [0.717, 1.165) is 29.9 Å². The lowest BCUT2D eigenvalue weighted by atomic mass is 9.85. The normalized spacial score (nSPS) is 21.9. The molecule has 1 saturated heterocycles. The van der Waals surface area contributed by atoms with Crippen LogP contribution in [0.1, 0.15) is 36.8 Å². The Morgan fingerprint density at radius 3 is 2.68 bits per heavy atom. The van der Waals surface area contributed by atoms with Gasteiger partial charge in [0.05, 0.1) is 13.7 Å². The molecule has 2 aromatic carbocycles. The number of hydrogen-bond donors (Lipinski definition) is 1. The number of carbonyl (C=O) groups excluding carboxylic acids is 2.